The predicted octanol–water partition coefficient (Wildman–Crippen LogP) is 3.20. The fourth-order valence-electron chi connectivity index (χ4n) is 1.29. The molecule has 1 amide bonds. The van der Waals surface area contributed by atoms with Gasteiger partial charge in [-0.2, -0.15) is 0 Å². The van der Waals surface area contributed by atoms with Crippen LogP contribution in [0.1, 0.15) is 31.1 Å². The van der Waals surface area contributed by atoms with E-state index in [-0.39, 0.29) is 21.5 Å². The van der Waals surface area contributed by atoms with Crippen LogP contribution in [-0.4, -0.2) is 27.9 Å². The normalized spacial score (nSPS) is 10.9. The summed E-state index contributed by atoms with van der Waals surface area (Å²) < 4.78 is 5.02. The van der Waals surface area contributed by atoms with Crippen LogP contribution in [0.4, 0.5) is 10.5 Å². The number of nitrogens with one attached hydrogen (secondary N) is 1. The zero-order valence-electron chi connectivity index (χ0n) is 10.7. The minimum Gasteiger partial charge on any atom is -0.507 e. The first-order valence-corrected chi connectivity index (χ1v) is 6.16. The van der Waals surface area contributed by atoms with Gasteiger partial charge in [-0.3, -0.25) is 5.32 Å². The Hall–Kier alpha value is -1.76. The summed E-state index contributed by atoms with van der Waals surface area (Å²) in [7, 11) is 0. The number of phenols is 1. The van der Waals surface area contributed by atoms with Crippen molar-refractivity contribution in [2.75, 3.05) is 5.32 Å². The Morgan fingerprint density at radius 1 is 1.32 bits per heavy atom. The summed E-state index contributed by atoms with van der Waals surface area (Å²) in [6.07, 6.45) is -0.771. The molecule has 0 aromatic heterocycles. The van der Waals surface area contributed by atoms with Crippen LogP contribution in [0.3, 0.4) is 0 Å². The van der Waals surface area contributed by atoms with Gasteiger partial charge < -0.3 is 14.9 Å². The summed E-state index contributed by atoms with van der Waals surface area (Å²) in [6, 6.07) is 2.55. The number of benzene rings is 1. The molecule has 0 aliphatic rings. The Kier molecular flexibility index (Phi) is 4.41. The van der Waals surface area contributed by atoms with Crippen LogP contribution in [0.5, 0.6) is 5.75 Å². The number of aromatic hydroxyl groups is 1. The lowest BCUT2D eigenvalue weighted by atomic mass is 10.1. The Morgan fingerprint density at radius 3 is 2.37 bits per heavy atom. The van der Waals surface area contributed by atoms with Gasteiger partial charge in [-0.1, -0.05) is 0 Å². The summed E-state index contributed by atoms with van der Waals surface area (Å²) >= 11 is 2.96. The van der Waals surface area contributed by atoms with Gasteiger partial charge in [0, 0.05) is 0 Å². The van der Waals surface area contributed by atoms with E-state index in [0.717, 1.165) is 0 Å². The molecule has 0 aliphatic carbocycles. The third-order valence-corrected chi connectivity index (χ3v) is 2.77. The summed E-state index contributed by atoms with van der Waals surface area (Å²) in [4.78, 5) is 22.7. The second-order valence-electron chi connectivity index (χ2n) is 4.75. The van der Waals surface area contributed by atoms with Crippen molar-refractivity contribution in [2.24, 2.45) is 0 Å². The number of carboxylic acid groups (broad SMARTS) is 1. The van der Waals surface area contributed by atoms with Gasteiger partial charge >= 0.3 is 12.1 Å². The molecule has 0 saturated carbocycles. The van der Waals surface area contributed by atoms with Crippen molar-refractivity contribution in [3.8, 4) is 5.75 Å². The highest BCUT2D eigenvalue weighted by Gasteiger charge is 2.21. The van der Waals surface area contributed by atoms with Crippen molar-refractivity contribution in [3.05, 3.63) is 22.2 Å². The average molecular weight is 332 g/mol. The van der Waals surface area contributed by atoms with Crippen LogP contribution in [-0.2, 0) is 4.74 Å². The summed E-state index contributed by atoms with van der Waals surface area (Å²) in [5, 5.41) is 20.9. The predicted molar refractivity (Wildman–Crippen MR) is 72.6 cm³/mol. The number of ether oxygens (including phenoxy) is 1. The van der Waals surface area contributed by atoms with Crippen molar-refractivity contribution >= 4 is 33.7 Å². The molecular formula is C12H14BrNO5. The molecule has 7 heteroatoms. The molecule has 1 aromatic rings. The van der Waals surface area contributed by atoms with E-state index in [1.807, 2.05) is 0 Å². The quantitative estimate of drug-likeness (QED) is 0.723. The maximum Gasteiger partial charge on any atom is 0.412 e. The molecule has 0 unspecified atom stereocenters. The molecule has 6 nitrogen and oxygen atoms in total. The molecule has 0 saturated heterocycles. The first-order valence-electron chi connectivity index (χ1n) is 5.36. The Balaban J connectivity index is 3.05. The average Bonchev–Trinajstić information content (AvgIpc) is 2.20. The van der Waals surface area contributed by atoms with Gasteiger partial charge in [0.2, 0.25) is 0 Å². The highest BCUT2D eigenvalue weighted by molar-refractivity contribution is 9.10. The number of hydrogen-bond donors (Lipinski definition) is 3. The van der Waals surface area contributed by atoms with Gasteiger partial charge in [0.1, 0.15) is 16.9 Å². The van der Waals surface area contributed by atoms with Gasteiger partial charge in [0.05, 0.1) is 10.2 Å². The number of anilines is 1. The second-order valence-corrected chi connectivity index (χ2v) is 5.55. The van der Waals surface area contributed by atoms with E-state index in [0.29, 0.717) is 0 Å². The molecule has 0 spiro atoms. The number of halogens is 1. The van der Waals surface area contributed by atoms with Crippen molar-refractivity contribution in [1.82, 2.24) is 0 Å². The molecule has 0 bridgehead atoms. The van der Waals surface area contributed by atoms with Gasteiger partial charge in [0.15, 0.2) is 0 Å². The lowest BCUT2D eigenvalue weighted by molar-refractivity contribution is 0.0636. The highest BCUT2D eigenvalue weighted by atomic mass is 79.9. The molecule has 0 atom stereocenters. The lowest BCUT2D eigenvalue weighted by Gasteiger charge is -2.20. The van der Waals surface area contributed by atoms with Crippen molar-refractivity contribution < 1.29 is 24.5 Å². The number of phenolic OH excluding ortho intramolecular Hbond substituents is 1. The fraction of sp³-hybridized carbons (Fsp3) is 0.333. The molecule has 0 fully saturated rings. The third kappa shape index (κ3) is 4.13. The highest BCUT2D eigenvalue weighted by Crippen LogP contribution is 2.33. The molecule has 0 aliphatic heterocycles. The standard InChI is InChI=1S/C12H14BrNO5/c1-12(2,3)19-11(18)14-6-4-5-7(15)9(13)8(6)10(16)17/h4-5,15H,1-3H3,(H,14,18)(H,16,17). The number of hydrogen-bond acceptors (Lipinski definition) is 4. The first-order chi connectivity index (χ1) is 8.61. The van der Waals surface area contributed by atoms with E-state index in [1.165, 1.54) is 12.1 Å². The molecule has 0 heterocycles. The second kappa shape index (κ2) is 5.48. The van der Waals surface area contributed by atoms with Gasteiger partial charge in [-0.05, 0) is 48.8 Å². The topological polar surface area (TPSA) is 95.9 Å². The van der Waals surface area contributed by atoms with Crippen LogP contribution in [0.15, 0.2) is 16.6 Å². The van der Waals surface area contributed by atoms with Crippen LogP contribution >= 0.6 is 15.9 Å². The largest absolute Gasteiger partial charge is 0.507 e. The Morgan fingerprint density at radius 2 is 1.89 bits per heavy atom. The van der Waals surface area contributed by atoms with Gasteiger partial charge in [0.25, 0.3) is 0 Å². The number of rotatable bonds is 2. The monoisotopic (exact) mass is 331 g/mol. The molecule has 19 heavy (non-hydrogen) atoms. The minimum absolute atomic E-state index is 0.00596. The summed E-state index contributed by atoms with van der Waals surface area (Å²) in [5.74, 6) is -1.51. The zero-order valence-corrected chi connectivity index (χ0v) is 12.2. The smallest absolute Gasteiger partial charge is 0.412 e. The van der Waals surface area contributed by atoms with E-state index < -0.39 is 17.7 Å². The van der Waals surface area contributed by atoms with E-state index in [4.69, 9.17) is 9.84 Å². The van der Waals surface area contributed by atoms with Gasteiger partial charge in [-0.15, -0.1) is 0 Å². The van der Waals surface area contributed by atoms with E-state index in [2.05, 4.69) is 21.2 Å². The van der Waals surface area contributed by atoms with E-state index in [1.54, 1.807) is 20.8 Å². The Bertz CT molecular complexity index is 522. The van der Waals surface area contributed by atoms with Gasteiger partial charge in [-0.25, -0.2) is 9.59 Å². The van der Waals surface area contributed by atoms with E-state index >= 15 is 0 Å². The lowest BCUT2D eigenvalue weighted by Crippen LogP contribution is -2.27. The molecule has 0 radical (unpaired) electrons. The molecule has 1 rings (SSSR count). The van der Waals surface area contributed by atoms with E-state index in [9.17, 15) is 14.7 Å². The molecule has 3 N–H and O–H groups in total. The third-order valence-electron chi connectivity index (χ3n) is 1.97. The van der Waals surface area contributed by atoms with Crippen LogP contribution in [0.2, 0.25) is 0 Å². The number of carbonyl (C=O) groups excluding carboxylic acids is 1. The number of aromatic carboxylic acids is 1. The SMILES string of the molecule is CC(C)(C)OC(=O)Nc1ccc(O)c(Br)c1C(=O)O. The maximum absolute atomic E-state index is 11.6. The zero-order chi connectivity index (χ0) is 14.8. The summed E-state index contributed by atoms with van der Waals surface area (Å²) in [5.41, 5.74) is -0.904. The van der Waals surface area contributed by atoms with Crippen molar-refractivity contribution in [1.29, 1.82) is 0 Å². The Labute approximate surface area is 118 Å². The first kappa shape index (κ1) is 15.3. The summed E-state index contributed by atoms with van der Waals surface area (Å²) in [6.45, 7) is 5.08. The van der Waals surface area contributed by atoms with Crippen LogP contribution in [0.25, 0.3) is 0 Å². The fourth-order valence-corrected chi connectivity index (χ4v) is 1.81. The van der Waals surface area contributed by atoms with Crippen molar-refractivity contribution in [3.63, 3.8) is 0 Å². The molecule has 1 aromatic carbocycles. The van der Waals surface area contributed by atoms with Crippen LogP contribution < -0.4 is 5.32 Å². The van der Waals surface area contributed by atoms with Crippen LogP contribution in [0, 0.1) is 0 Å². The minimum atomic E-state index is -1.28. The molecular weight excluding hydrogens is 318 g/mol. The van der Waals surface area contributed by atoms with Crippen molar-refractivity contribution in [2.45, 2.75) is 26.4 Å². The number of amides is 1. The number of carboxylic acids is 1. The molecule has 104 valence electrons. The maximum atomic E-state index is 11.6. The number of carbonyl (C=O) groups is 2.